The van der Waals surface area contributed by atoms with Crippen LogP contribution in [0.4, 0.5) is 5.69 Å². The highest BCUT2D eigenvalue weighted by Gasteiger charge is 2.17. The number of hydrogen-bond donors (Lipinski definition) is 0. The quantitative estimate of drug-likeness (QED) is 0.511. The van der Waals surface area contributed by atoms with Gasteiger partial charge < -0.3 is 9.64 Å². The van der Waals surface area contributed by atoms with Crippen molar-refractivity contribution in [2.75, 3.05) is 44.2 Å². The van der Waals surface area contributed by atoms with Crippen LogP contribution in [-0.2, 0) is 13.1 Å². The minimum absolute atomic E-state index is 0.0811. The minimum Gasteiger partial charge on any atom is -0.492 e. The fourth-order valence-electron chi connectivity index (χ4n) is 3.80. The van der Waals surface area contributed by atoms with Crippen molar-refractivity contribution in [2.24, 2.45) is 0 Å². The van der Waals surface area contributed by atoms with Crippen molar-refractivity contribution in [1.82, 2.24) is 19.2 Å². The van der Waals surface area contributed by atoms with Crippen LogP contribution in [0.25, 0.3) is 0 Å². The summed E-state index contributed by atoms with van der Waals surface area (Å²) in [6.07, 6.45) is 2.50. The molecular weight excluding hydrogens is 414 g/mol. The van der Waals surface area contributed by atoms with Crippen molar-refractivity contribution in [3.05, 3.63) is 76.4 Å². The summed E-state index contributed by atoms with van der Waals surface area (Å²) in [7, 11) is 0. The predicted octanol–water partition coefficient (Wildman–Crippen LogP) is 2.99. The molecule has 7 nitrogen and oxygen atoms in total. The van der Waals surface area contributed by atoms with Gasteiger partial charge in [0.1, 0.15) is 18.7 Å². The van der Waals surface area contributed by atoms with Gasteiger partial charge in [0.05, 0.1) is 6.54 Å². The molecule has 1 aliphatic heterocycles. The molecule has 0 amide bonds. The van der Waals surface area contributed by atoms with E-state index in [2.05, 4.69) is 21.0 Å². The van der Waals surface area contributed by atoms with Crippen molar-refractivity contribution in [3.63, 3.8) is 0 Å². The number of aromatic nitrogens is 3. The Morgan fingerprint density at radius 1 is 0.935 bits per heavy atom. The molecule has 31 heavy (non-hydrogen) atoms. The first kappa shape index (κ1) is 21.5. The molecule has 164 valence electrons. The second-order valence-electron chi connectivity index (χ2n) is 7.65. The van der Waals surface area contributed by atoms with E-state index >= 15 is 0 Å². The van der Waals surface area contributed by atoms with Gasteiger partial charge in [-0.1, -0.05) is 35.9 Å². The van der Waals surface area contributed by atoms with E-state index in [1.54, 1.807) is 15.6 Å². The number of rotatable bonds is 9. The first-order valence-corrected chi connectivity index (χ1v) is 11.1. The van der Waals surface area contributed by atoms with Gasteiger partial charge in [0.2, 0.25) is 0 Å². The van der Waals surface area contributed by atoms with E-state index in [-0.39, 0.29) is 5.69 Å². The van der Waals surface area contributed by atoms with Crippen LogP contribution in [-0.4, -0.2) is 58.6 Å². The summed E-state index contributed by atoms with van der Waals surface area (Å²) >= 11 is 6.11. The number of para-hydroxylation sites is 1. The Morgan fingerprint density at radius 3 is 2.52 bits per heavy atom. The zero-order valence-electron chi connectivity index (χ0n) is 17.6. The molecule has 0 atom stereocenters. The lowest BCUT2D eigenvalue weighted by Gasteiger charge is -2.36. The minimum atomic E-state index is -0.0811. The molecule has 1 aliphatic rings. The molecule has 3 aromatic rings. The Hall–Kier alpha value is -2.77. The summed E-state index contributed by atoms with van der Waals surface area (Å²) in [6.45, 7) is 6.48. The molecule has 0 unspecified atom stereocenters. The number of ether oxygens (including phenoxy) is 1. The molecule has 2 aromatic carbocycles. The zero-order valence-corrected chi connectivity index (χ0v) is 18.3. The van der Waals surface area contributed by atoms with Crippen LogP contribution >= 0.6 is 11.6 Å². The molecule has 0 radical (unpaired) electrons. The highest BCUT2D eigenvalue weighted by atomic mass is 35.5. The molecule has 1 saturated heterocycles. The molecule has 2 heterocycles. The summed E-state index contributed by atoms with van der Waals surface area (Å²) in [5, 5.41) is 5.03. The average molecular weight is 442 g/mol. The van der Waals surface area contributed by atoms with Gasteiger partial charge in [-0.25, -0.2) is 9.48 Å². The zero-order chi connectivity index (χ0) is 21.5. The van der Waals surface area contributed by atoms with Gasteiger partial charge in [0, 0.05) is 50.0 Å². The Morgan fingerprint density at radius 2 is 1.74 bits per heavy atom. The first-order valence-electron chi connectivity index (χ1n) is 10.7. The highest BCUT2D eigenvalue weighted by molar-refractivity contribution is 6.30. The van der Waals surface area contributed by atoms with Crippen LogP contribution < -0.4 is 15.3 Å². The van der Waals surface area contributed by atoms with Gasteiger partial charge in [-0.05, 0) is 36.8 Å². The molecule has 0 saturated carbocycles. The van der Waals surface area contributed by atoms with Gasteiger partial charge in [-0.15, -0.1) is 0 Å². The fraction of sp³-hybridized carbons (Fsp3) is 0.391. The largest absolute Gasteiger partial charge is 0.492 e. The molecule has 4 rings (SSSR count). The third kappa shape index (κ3) is 5.89. The average Bonchev–Trinajstić information content (AvgIpc) is 3.14. The van der Waals surface area contributed by atoms with E-state index in [1.807, 2.05) is 48.5 Å². The third-order valence-electron chi connectivity index (χ3n) is 5.53. The first-order chi connectivity index (χ1) is 15.2. The number of piperazine rings is 1. The van der Waals surface area contributed by atoms with Crippen LogP contribution in [0.3, 0.4) is 0 Å². The molecule has 1 fully saturated rings. The molecule has 0 N–H and O–H groups in total. The monoisotopic (exact) mass is 441 g/mol. The van der Waals surface area contributed by atoms with Crippen molar-refractivity contribution in [1.29, 1.82) is 0 Å². The summed E-state index contributed by atoms with van der Waals surface area (Å²) in [5.74, 6) is 0.804. The maximum absolute atomic E-state index is 12.5. The Balaban J connectivity index is 1.18. The summed E-state index contributed by atoms with van der Waals surface area (Å²) in [4.78, 5) is 17.3. The van der Waals surface area contributed by atoms with E-state index in [4.69, 9.17) is 16.3 Å². The number of benzene rings is 2. The normalized spacial score (nSPS) is 14.7. The fourth-order valence-corrected chi connectivity index (χ4v) is 3.99. The van der Waals surface area contributed by atoms with Crippen molar-refractivity contribution in [2.45, 2.75) is 19.5 Å². The lowest BCUT2D eigenvalue weighted by molar-refractivity contribution is 0.248. The highest BCUT2D eigenvalue weighted by Crippen LogP contribution is 2.20. The van der Waals surface area contributed by atoms with Gasteiger partial charge >= 0.3 is 5.69 Å². The van der Waals surface area contributed by atoms with Gasteiger partial charge in [-0.2, -0.15) is 5.10 Å². The molecule has 0 bridgehead atoms. The van der Waals surface area contributed by atoms with Gasteiger partial charge in [0.15, 0.2) is 0 Å². The number of anilines is 1. The smallest absolute Gasteiger partial charge is 0.345 e. The Kier molecular flexibility index (Phi) is 7.27. The van der Waals surface area contributed by atoms with Crippen molar-refractivity contribution >= 4 is 17.3 Å². The number of halogens is 1. The molecule has 0 aliphatic carbocycles. The standard InChI is InChI=1S/C23H28ClN5O2/c24-20-6-4-7-21(18-20)27-14-12-26(13-15-27)10-5-11-29-23(30)28(19-25-29)16-17-31-22-8-2-1-3-9-22/h1-4,6-9,18-19H,5,10-17H2. The van der Waals surface area contributed by atoms with E-state index in [0.29, 0.717) is 19.7 Å². The third-order valence-corrected chi connectivity index (χ3v) is 5.77. The van der Waals surface area contributed by atoms with E-state index in [1.165, 1.54) is 5.69 Å². The Bertz CT molecular complexity index is 1010. The molecule has 1 aromatic heterocycles. The summed E-state index contributed by atoms with van der Waals surface area (Å²) < 4.78 is 8.82. The van der Waals surface area contributed by atoms with Crippen LogP contribution in [0, 0.1) is 0 Å². The van der Waals surface area contributed by atoms with Crippen LogP contribution in [0.2, 0.25) is 5.02 Å². The van der Waals surface area contributed by atoms with Gasteiger partial charge in [0.25, 0.3) is 0 Å². The second-order valence-corrected chi connectivity index (χ2v) is 8.09. The maximum Gasteiger partial charge on any atom is 0.345 e. The second kappa shape index (κ2) is 10.5. The lowest BCUT2D eigenvalue weighted by atomic mass is 10.2. The van der Waals surface area contributed by atoms with E-state index < -0.39 is 0 Å². The molecule has 8 heteroatoms. The maximum atomic E-state index is 12.5. The van der Waals surface area contributed by atoms with Crippen LogP contribution in [0.15, 0.2) is 65.7 Å². The lowest BCUT2D eigenvalue weighted by Crippen LogP contribution is -2.46. The summed E-state index contributed by atoms with van der Waals surface area (Å²) in [5.41, 5.74) is 1.10. The summed E-state index contributed by atoms with van der Waals surface area (Å²) in [6, 6.07) is 17.6. The molecule has 0 spiro atoms. The SMILES string of the molecule is O=c1n(CCOc2ccccc2)cnn1CCCN1CCN(c2cccc(Cl)c2)CC1. The van der Waals surface area contributed by atoms with Crippen molar-refractivity contribution < 1.29 is 4.74 Å². The van der Waals surface area contributed by atoms with E-state index in [0.717, 1.165) is 49.9 Å². The van der Waals surface area contributed by atoms with Crippen LogP contribution in [0.5, 0.6) is 5.75 Å². The topological polar surface area (TPSA) is 55.5 Å². The van der Waals surface area contributed by atoms with E-state index in [9.17, 15) is 4.79 Å². The van der Waals surface area contributed by atoms with Crippen LogP contribution in [0.1, 0.15) is 6.42 Å². The number of nitrogens with zero attached hydrogens (tertiary/aromatic N) is 5. The predicted molar refractivity (Wildman–Crippen MR) is 123 cm³/mol. The number of aryl methyl sites for hydroxylation is 1. The molecular formula is C23H28ClN5O2. The van der Waals surface area contributed by atoms with Gasteiger partial charge in [-0.3, -0.25) is 9.47 Å². The number of hydrogen-bond acceptors (Lipinski definition) is 5. The van der Waals surface area contributed by atoms with Crippen molar-refractivity contribution in [3.8, 4) is 5.75 Å². The Labute approximate surface area is 187 Å².